The Balaban J connectivity index is 2.38. The molecule has 0 aliphatic carbocycles. The summed E-state index contributed by atoms with van der Waals surface area (Å²) in [5.41, 5.74) is 1.09. The molecule has 2 aromatic rings. The van der Waals surface area contributed by atoms with Crippen molar-refractivity contribution in [2.45, 2.75) is 6.92 Å². The highest BCUT2D eigenvalue weighted by atomic mass is 79.9. The molecule has 21 heavy (non-hydrogen) atoms. The number of carbonyl (C=O) groups excluding carboxylic acids is 1. The van der Waals surface area contributed by atoms with E-state index in [2.05, 4.69) is 26.2 Å². The second-order valence-electron chi connectivity index (χ2n) is 4.24. The molecular formula is C14H10BrClN2O3. The maximum atomic E-state index is 12.2. The normalized spacial score (nSPS) is 10.2. The largest absolute Gasteiger partial charge is 0.478 e. The molecule has 0 fully saturated rings. The molecule has 1 aromatic carbocycles. The summed E-state index contributed by atoms with van der Waals surface area (Å²) in [6.45, 7) is 1.71. The lowest BCUT2D eigenvalue weighted by Crippen LogP contribution is -2.15. The fourth-order valence-electron chi connectivity index (χ4n) is 1.77. The molecule has 0 radical (unpaired) electrons. The van der Waals surface area contributed by atoms with Crippen LogP contribution in [0.2, 0.25) is 5.15 Å². The standard InChI is InChI=1S/C14H10BrClN2O3/c1-7-5-8(6-11(16)17-7)13(19)18-12-9(14(20)21)3-2-4-10(12)15/h2-6H,1H3,(H,18,19)(H,20,21). The Morgan fingerprint density at radius 2 is 2.05 bits per heavy atom. The number of benzene rings is 1. The Morgan fingerprint density at radius 3 is 2.67 bits per heavy atom. The second-order valence-corrected chi connectivity index (χ2v) is 5.48. The molecule has 2 N–H and O–H groups in total. The van der Waals surface area contributed by atoms with Gasteiger partial charge in [-0.25, -0.2) is 9.78 Å². The number of carboxylic acids is 1. The zero-order valence-electron chi connectivity index (χ0n) is 10.9. The molecule has 0 aliphatic heterocycles. The van der Waals surface area contributed by atoms with E-state index in [-0.39, 0.29) is 16.4 Å². The first-order chi connectivity index (χ1) is 9.88. The molecule has 1 heterocycles. The van der Waals surface area contributed by atoms with E-state index in [9.17, 15) is 9.59 Å². The Hall–Kier alpha value is -1.92. The highest BCUT2D eigenvalue weighted by molar-refractivity contribution is 9.10. The zero-order chi connectivity index (χ0) is 15.6. The van der Waals surface area contributed by atoms with Crippen LogP contribution in [0.5, 0.6) is 0 Å². The molecule has 0 spiro atoms. The number of aryl methyl sites for hydroxylation is 1. The number of para-hydroxylation sites is 1. The quantitative estimate of drug-likeness (QED) is 0.808. The van der Waals surface area contributed by atoms with Gasteiger partial charge in [-0.2, -0.15) is 0 Å². The van der Waals surface area contributed by atoms with Crippen molar-refractivity contribution in [1.82, 2.24) is 4.98 Å². The molecule has 0 saturated heterocycles. The lowest BCUT2D eigenvalue weighted by Gasteiger charge is -2.11. The predicted molar refractivity (Wildman–Crippen MR) is 83.0 cm³/mol. The second kappa shape index (κ2) is 6.24. The average Bonchev–Trinajstić information content (AvgIpc) is 2.39. The van der Waals surface area contributed by atoms with Gasteiger partial charge in [0.1, 0.15) is 5.15 Å². The summed E-state index contributed by atoms with van der Waals surface area (Å²) < 4.78 is 0.479. The van der Waals surface area contributed by atoms with Gasteiger partial charge in [-0.05, 0) is 47.1 Å². The fourth-order valence-corrected chi connectivity index (χ4v) is 2.49. The van der Waals surface area contributed by atoms with E-state index in [1.165, 1.54) is 12.1 Å². The minimum atomic E-state index is -1.13. The zero-order valence-corrected chi connectivity index (χ0v) is 13.2. The third-order valence-electron chi connectivity index (χ3n) is 2.67. The number of carboxylic acid groups (broad SMARTS) is 1. The number of halogens is 2. The van der Waals surface area contributed by atoms with Crippen molar-refractivity contribution in [2.75, 3.05) is 5.32 Å². The maximum Gasteiger partial charge on any atom is 0.337 e. The molecule has 0 unspecified atom stereocenters. The topological polar surface area (TPSA) is 79.3 Å². The van der Waals surface area contributed by atoms with Crippen LogP contribution >= 0.6 is 27.5 Å². The number of hydrogen-bond donors (Lipinski definition) is 2. The van der Waals surface area contributed by atoms with Crippen molar-refractivity contribution in [3.8, 4) is 0 Å². The molecule has 1 aromatic heterocycles. The van der Waals surface area contributed by atoms with Crippen LogP contribution in [0.4, 0.5) is 5.69 Å². The molecule has 0 atom stereocenters. The number of aromatic nitrogens is 1. The summed E-state index contributed by atoms with van der Waals surface area (Å²) in [5, 5.41) is 11.9. The van der Waals surface area contributed by atoms with Crippen LogP contribution in [0.25, 0.3) is 0 Å². The Kier molecular flexibility index (Phi) is 4.59. The monoisotopic (exact) mass is 368 g/mol. The van der Waals surface area contributed by atoms with Gasteiger partial charge in [0.15, 0.2) is 0 Å². The molecule has 1 amide bonds. The van der Waals surface area contributed by atoms with Crippen molar-refractivity contribution in [3.05, 3.63) is 56.8 Å². The van der Waals surface area contributed by atoms with Crippen LogP contribution in [-0.2, 0) is 0 Å². The van der Waals surface area contributed by atoms with Crippen LogP contribution in [0.3, 0.4) is 0 Å². The van der Waals surface area contributed by atoms with Crippen LogP contribution in [-0.4, -0.2) is 22.0 Å². The SMILES string of the molecule is Cc1cc(C(=O)Nc2c(Br)cccc2C(=O)O)cc(Cl)n1. The van der Waals surface area contributed by atoms with E-state index in [0.29, 0.717) is 15.7 Å². The first-order valence-corrected chi connectivity index (χ1v) is 7.03. The molecule has 0 bridgehead atoms. The van der Waals surface area contributed by atoms with Gasteiger partial charge in [0.2, 0.25) is 0 Å². The van der Waals surface area contributed by atoms with Crippen LogP contribution in [0.15, 0.2) is 34.8 Å². The van der Waals surface area contributed by atoms with Gasteiger partial charge in [0.05, 0.1) is 11.3 Å². The molecule has 0 saturated carbocycles. The third kappa shape index (κ3) is 3.59. The fraction of sp³-hybridized carbons (Fsp3) is 0.0714. The van der Waals surface area contributed by atoms with Gasteiger partial charge < -0.3 is 10.4 Å². The van der Waals surface area contributed by atoms with Gasteiger partial charge in [0, 0.05) is 15.7 Å². The van der Waals surface area contributed by atoms with Crippen molar-refractivity contribution in [1.29, 1.82) is 0 Å². The van der Waals surface area contributed by atoms with E-state index in [1.807, 2.05) is 0 Å². The molecule has 0 aliphatic rings. The molecule has 5 nitrogen and oxygen atoms in total. The Labute approximate surface area is 134 Å². The van der Waals surface area contributed by atoms with E-state index in [0.717, 1.165) is 0 Å². The smallest absolute Gasteiger partial charge is 0.337 e. The number of hydrogen-bond acceptors (Lipinski definition) is 3. The first-order valence-electron chi connectivity index (χ1n) is 5.86. The lowest BCUT2D eigenvalue weighted by atomic mass is 10.1. The number of pyridine rings is 1. The van der Waals surface area contributed by atoms with Crippen molar-refractivity contribution >= 4 is 45.1 Å². The highest BCUT2D eigenvalue weighted by Gasteiger charge is 2.16. The summed E-state index contributed by atoms with van der Waals surface area (Å²) in [4.78, 5) is 27.4. The number of rotatable bonds is 3. The Morgan fingerprint density at radius 1 is 1.33 bits per heavy atom. The van der Waals surface area contributed by atoms with E-state index < -0.39 is 11.9 Å². The van der Waals surface area contributed by atoms with Crippen LogP contribution < -0.4 is 5.32 Å². The number of anilines is 1. The minimum absolute atomic E-state index is 0.00500. The van der Waals surface area contributed by atoms with Crippen LogP contribution in [0, 0.1) is 6.92 Å². The van der Waals surface area contributed by atoms with Gasteiger partial charge in [-0.15, -0.1) is 0 Å². The van der Waals surface area contributed by atoms with E-state index >= 15 is 0 Å². The van der Waals surface area contributed by atoms with Gasteiger partial charge in [-0.3, -0.25) is 4.79 Å². The van der Waals surface area contributed by atoms with Crippen molar-refractivity contribution in [3.63, 3.8) is 0 Å². The molecule has 7 heteroatoms. The van der Waals surface area contributed by atoms with Gasteiger partial charge >= 0.3 is 5.97 Å². The minimum Gasteiger partial charge on any atom is -0.478 e. The summed E-state index contributed by atoms with van der Waals surface area (Å²) >= 11 is 9.04. The maximum absolute atomic E-state index is 12.2. The summed E-state index contributed by atoms with van der Waals surface area (Å²) in [7, 11) is 0. The van der Waals surface area contributed by atoms with Crippen LogP contribution in [0.1, 0.15) is 26.4 Å². The summed E-state index contributed by atoms with van der Waals surface area (Å²) in [6.07, 6.45) is 0. The highest BCUT2D eigenvalue weighted by Crippen LogP contribution is 2.27. The summed E-state index contributed by atoms with van der Waals surface area (Å²) in [5.74, 6) is -1.59. The number of carbonyl (C=O) groups is 2. The lowest BCUT2D eigenvalue weighted by molar-refractivity contribution is 0.0698. The number of aromatic carboxylic acids is 1. The Bertz CT molecular complexity index is 714. The molecular weight excluding hydrogens is 360 g/mol. The van der Waals surface area contributed by atoms with E-state index in [4.69, 9.17) is 16.7 Å². The number of nitrogens with zero attached hydrogens (tertiary/aromatic N) is 1. The van der Waals surface area contributed by atoms with Gasteiger partial charge in [0.25, 0.3) is 5.91 Å². The van der Waals surface area contributed by atoms with Gasteiger partial charge in [-0.1, -0.05) is 17.7 Å². The van der Waals surface area contributed by atoms with Crippen molar-refractivity contribution in [2.24, 2.45) is 0 Å². The third-order valence-corrected chi connectivity index (χ3v) is 3.52. The average molecular weight is 370 g/mol. The first kappa shape index (κ1) is 15.5. The molecule has 108 valence electrons. The van der Waals surface area contributed by atoms with E-state index in [1.54, 1.807) is 25.1 Å². The predicted octanol–water partition coefficient (Wildman–Crippen LogP) is 3.76. The summed E-state index contributed by atoms with van der Waals surface area (Å²) in [6, 6.07) is 7.62. The number of amides is 1. The molecule has 2 rings (SSSR count). The number of nitrogens with one attached hydrogen (secondary N) is 1. The van der Waals surface area contributed by atoms with Crippen molar-refractivity contribution < 1.29 is 14.7 Å².